The van der Waals surface area contributed by atoms with Gasteiger partial charge in [-0.2, -0.15) is 0 Å². The Hall–Kier alpha value is -4.07. The van der Waals surface area contributed by atoms with Gasteiger partial charge in [0.1, 0.15) is 5.82 Å². The van der Waals surface area contributed by atoms with Crippen LogP contribution in [0.25, 0.3) is 0 Å². The SMILES string of the molecule is COc1cc([C@H](CC(=O)Nc2ccccc2F)N2Cc3ccccc3C2=O)cc(OC)c1OC. The predicted octanol–water partition coefficient (Wildman–Crippen LogP) is 4.58. The van der Waals surface area contributed by atoms with Gasteiger partial charge in [-0.15, -0.1) is 0 Å². The van der Waals surface area contributed by atoms with E-state index in [1.54, 1.807) is 41.3 Å². The normalized spacial score (nSPS) is 13.3. The fraction of sp³-hybridized carbons (Fsp3) is 0.231. The highest BCUT2D eigenvalue weighted by Gasteiger charge is 2.35. The Kier molecular flexibility index (Phi) is 6.67. The molecule has 7 nitrogen and oxygen atoms in total. The summed E-state index contributed by atoms with van der Waals surface area (Å²) in [6.07, 6.45) is -0.104. The molecule has 0 radical (unpaired) electrons. The maximum Gasteiger partial charge on any atom is 0.255 e. The molecule has 0 spiro atoms. The topological polar surface area (TPSA) is 77.1 Å². The van der Waals surface area contributed by atoms with E-state index < -0.39 is 17.8 Å². The van der Waals surface area contributed by atoms with Gasteiger partial charge in [-0.25, -0.2) is 4.39 Å². The lowest BCUT2D eigenvalue weighted by Gasteiger charge is -2.29. The Bertz CT molecular complexity index is 1200. The first kappa shape index (κ1) is 23.1. The van der Waals surface area contributed by atoms with E-state index in [9.17, 15) is 14.0 Å². The summed E-state index contributed by atoms with van der Waals surface area (Å²) < 4.78 is 30.5. The number of halogens is 1. The number of anilines is 1. The summed E-state index contributed by atoms with van der Waals surface area (Å²) in [6.45, 7) is 0.337. The van der Waals surface area contributed by atoms with Crippen LogP contribution in [-0.2, 0) is 11.3 Å². The van der Waals surface area contributed by atoms with E-state index in [1.807, 2.05) is 12.1 Å². The molecule has 0 aromatic heterocycles. The third-order valence-corrected chi connectivity index (χ3v) is 5.82. The lowest BCUT2D eigenvalue weighted by Crippen LogP contribution is -2.32. The van der Waals surface area contributed by atoms with Crippen LogP contribution in [0.2, 0.25) is 0 Å². The molecular formula is C26H25FN2O5. The molecule has 0 saturated carbocycles. The molecule has 0 fully saturated rings. The summed E-state index contributed by atoms with van der Waals surface area (Å²) >= 11 is 0. The van der Waals surface area contributed by atoms with Gasteiger partial charge in [0.15, 0.2) is 11.5 Å². The second-order valence-corrected chi connectivity index (χ2v) is 7.80. The third-order valence-electron chi connectivity index (χ3n) is 5.82. The number of fused-ring (bicyclic) bond motifs is 1. The highest BCUT2D eigenvalue weighted by atomic mass is 19.1. The van der Waals surface area contributed by atoms with Gasteiger partial charge in [-0.05, 0) is 41.5 Å². The largest absolute Gasteiger partial charge is 0.493 e. The summed E-state index contributed by atoms with van der Waals surface area (Å²) in [7, 11) is 4.50. The second kappa shape index (κ2) is 9.82. The maximum atomic E-state index is 14.1. The Balaban J connectivity index is 1.73. The smallest absolute Gasteiger partial charge is 0.255 e. The van der Waals surface area contributed by atoms with Gasteiger partial charge in [0, 0.05) is 12.1 Å². The summed E-state index contributed by atoms with van der Waals surface area (Å²) in [5.41, 5.74) is 2.17. The molecule has 1 aliphatic rings. The van der Waals surface area contributed by atoms with E-state index in [0.717, 1.165) is 5.56 Å². The van der Waals surface area contributed by atoms with Crippen LogP contribution in [0.1, 0.15) is 33.9 Å². The standard InChI is InChI=1S/C26H25FN2O5/c1-32-22-12-17(13-23(33-2)25(22)34-3)21(14-24(30)28-20-11-7-6-10-19(20)27)29-15-16-8-4-5-9-18(16)26(29)31/h4-13,21H,14-15H2,1-3H3,(H,28,30)/t21-/m0/s1. The fourth-order valence-corrected chi connectivity index (χ4v) is 4.17. The van der Waals surface area contributed by atoms with Crippen LogP contribution >= 0.6 is 0 Å². The van der Waals surface area contributed by atoms with E-state index in [1.165, 1.54) is 33.5 Å². The van der Waals surface area contributed by atoms with E-state index >= 15 is 0 Å². The van der Waals surface area contributed by atoms with Crippen LogP contribution in [0.15, 0.2) is 60.7 Å². The van der Waals surface area contributed by atoms with E-state index in [4.69, 9.17) is 14.2 Å². The number of benzene rings is 3. The highest BCUT2D eigenvalue weighted by Crippen LogP contribution is 2.43. The molecule has 0 aliphatic carbocycles. The Morgan fingerprint density at radius 1 is 1.00 bits per heavy atom. The van der Waals surface area contributed by atoms with Crippen LogP contribution < -0.4 is 19.5 Å². The molecule has 3 aromatic rings. The molecule has 3 aromatic carbocycles. The Morgan fingerprint density at radius 3 is 2.26 bits per heavy atom. The number of carbonyl (C=O) groups is 2. The number of hydrogen-bond donors (Lipinski definition) is 1. The van der Waals surface area contributed by atoms with Crippen molar-refractivity contribution < 1.29 is 28.2 Å². The third kappa shape index (κ3) is 4.39. The van der Waals surface area contributed by atoms with Gasteiger partial charge < -0.3 is 24.4 Å². The first-order valence-corrected chi connectivity index (χ1v) is 10.7. The van der Waals surface area contributed by atoms with Crippen molar-refractivity contribution in [3.63, 3.8) is 0 Å². The van der Waals surface area contributed by atoms with Crippen molar-refractivity contribution in [1.82, 2.24) is 4.90 Å². The molecule has 176 valence electrons. The van der Waals surface area contributed by atoms with E-state index in [0.29, 0.717) is 34.9 Å². The Labute approximate surface area is 197 Å². The zero-order chi connectivity index (χ0) is 24.2. The molecule has 1 atom stereocenters. The Morgan fingerprint density at radius 2 is 1.65 bits per heavy atom. The molecule has 1 heterocycles. The van der Waals surface area contributed by atoms with Gasteiger partial charge in [0.05, 0.1) is 39.5 Å². The molecule has 0 bridgehead atoms. The van der Waals surface area contributed by atoms with Crippen molar-refractivity contribution in [3.8, 4) is 17.2 Å². The number of nitrogens with one attached hydrogen (secondary N) is 1. The van der Waals surface area contributed by atoms with Gasteiger partial charge in [-0.3, -0.25) is 9.59 Å². The number of carbonyl (C=O) groups excluding carboxylic acids is 2. The number of rotatable bonds is 8. The number of nitrogens with zero attached hydrogens (tertiary/aromatic N) is 1. The van der Waals surface area contributed by atoms with E-state index in [-0.39, 0.29) is 18.0 Å². The zero-order valence-electron chi connectivity index (χ0n) is 19.1. The molecule has 1 N–H and O–H groups in total. The first-order valence-electron chi connectivity index (χ1n) is 10.7. The van der Waals surface area contributed by atoms with Crippen LogP contribution in [0.3, 0.4) is 0 Å². The minimum Gasteiger partial charge on any atom is -0.493 e. The van der Waals surface area contributed by atoms with E-state index in [2.05, 4.69) is 5.32 Å². The van der Waals surface area contributed by atoms with Crippen LogP contribution in [0.4, 0.5) is 10.1 Å². The lowest BCUT2D eigenvalue weighted by atomic mass is 10.00. The van der Waals surface area contributed by atoms with Crippen molar-refractivity contribution >= 4 is 17.5 Å². The van der Waals surface area contributed by atoms with Crippen molar-refractivity contribution in [2.75, 3.05) is 26.6 Å². The van der Waals surface area contributed by atoms with Crippen molar-refractivity contribution in [2.24, 2.45) is 0 Å². The molecule has 4 rings (SSSR count). The molecule has 0 saturated heterocycles. The summed E-state index contributed by atoms with van der Waals surface area (Å²) in [5, 5.41) is 2.61. The minimum absolute atomic E-state index is 0.0761. The second-order valence-electron chi connectivity index (χ2n) is 7.80. The zero-order valence-corrected chi connectivity index (χ0v) is 19.1. The summed E-state index contributed by atoms with van der Waals surface area (Å²) in [5.74, 6) is 0.0471. The predicted molar refractivity (Wildman–Crippen MR) is 125 cm³/mol. The average Bonchev–Trinajstić information content (AvgIpc) is 3.19. The van der Waals surface area contributed by atoms with Gasteiger partial charge in [-0.1, -0.05) is 30.3 Å². The lowest BCUT2D eigenvalue weighted by molar-refractivity contribution is -0.117. The molecular weight excluding hydrogens is 439 g/mol. The number of amides is 2. The quantitative estimate of drug-likeness (QED) is 0.528. The van der Waals surface area contributed by atoms with Crippen LogP contribution in [-0.4, -0.2) is 38.0 Å². The first-order chi connectivity index (χ1) is 16.5. The summed E-state index contributed by atoms with van der Waals surface area (Å²) in [6, 6.07) is 16.0. The monoisotopic (exact) mass is 464 g/mol. The molecule has 8 heteroatoms. The number of methoxy groups -OCH3 is 3. The molecule has 0 unspecified atom stereocenters. The van der Waals surface area contributed by atoms with Crippen molar-refractivity contribution in [2.45, 2.75) is 19.0 Å². The number of ether oxygens (including phenoxy) is 3. The van der Waals surface area contributed by atoms with Gasteiger partial charge in [0.2, 0.25) is 11.7 Å². The maximum absolute atomic E-state index is 14.1. The van der Waals surface area contributed by atoms with Crippen LogP contribution in [0, 0.1) is 5.82 Å². The number of para-hydroxylation sites is 1. The van der Waals surface area contributed by atoms with Crippen molar-refractivity contribution in [3.05, 3.63) is 83.2 Å². The average molecular weight is 464 g/mol. The minimum atomic E-state index is -0.666. The van der Waals surface area contributed by atoms with Gasteiger partial charge >= 0.3 is 0 Å². The van der Waals surface area contributed by atoms with Gasteiger partial charge in [0.25, 0.3) is 5.91 Å². The fourth-order valence-electron chi connectivity index (χ4n) is 4.17. The summed E-state index contributed by atoms with van der Waals surface area (Å²) in [4.78, 5) is 27.9. The molecule has 1 aliphatic heterocycles. The van der Waals surface area contributed by atoms with Crippen LogP contribution in [0.5, 0.6) is 17.2 Å². The molecule has 34 heavy (non-hydrogen) atoms. The van der Waals surface area contributed by atoms with Crippen molar-refractivity contribution in [1.29, 1.82) is 0 Å². The molecule has 2 amide bonds. The number of hydrogen-bond acceptors (Lipinski definition) is 5. The highest BCUT2D eigenvalue weighted by molar-refractivity contribution is 5.99.